The minimum Gasteiger partial charge on any atom is -0.456 e. The molecule has 0 bridgehead atoms. The Kier molecular flexibility index (Phi) is 8.12. The van der Waals surface area contributed by atoms with Gasteiger partial charge in [-0.15, -0.1) is 12.4 Å². The normalized spacial score (nSPS) is 15.5. The maximum absolute atomic E-state index is 13.4. The number of hydrogen-bond acceptors (Lipinski definition) is 6. The predicted molar refractivity (Wildman–Crippen MR) is 122 cm³/mol. The average Bonchev–Trinajstić information content (AvgIpc) is 2.67. The lowest BCUT2D eigenvalue weighted by Gasteiger charge is -2.27. The lowest BCUT2D eigenvalue weighted by molar-refractivity contribution is 0.358. The maximum Gasteiger partial charge on any atom is 0.246 e. The van der Waals surface area contributed by atoms with Crippen molar-refractivity contribution in [2.45, 2.75) is 23.6 Å². The Bertz CT molecular complexity index is 1130. The molecule has 0 radical (unpaired) electrons. The molecule has 1 aliphatic rings. The van der Waals surface area contributed by atoms with Crippen LogP contribution in [0.1, 0.15) is 11.1 Å². The summed E-state index contributed by atoms with van der Waals surface area (Å²) in [4.78, 5) is -0.263. The van der Waals surface area contributed by atoms with Gasteiger partial charge in [0.1, 0.15) is 16.4 Å². The van der Waals surface area contributed by atoms with Crippen LogP contribution < -0.4 is 10.1 Å². The third kappa shape index (κ3) is 5.57. The van der Waals surface area contributed by atoms with Crippen LogP contribution in [-0.4, -0.2) is 65.7 Å². The monoisotopic (exact) mass is 489 g/mol. The summed E-state index contributed by atoms with van der Waals surface area (Å²) in [5.41, 5.74) is 1.95. The third-order valence-corrected chi connectivity index (χ3v) is 8.54. The van der Waals surface area contributed by atoms with Gasteiger partial charge in [0, 0.05) is 40.3 Å². The van der Waals surface area contributed by atoms with E-state index in [4.69, 9.17) is 4.74 Å². The molecule has 3 rings (SSSR count). The molecule has 0 saturated carbocycles. The van der Waals surface area contributed by atoms with Crippen LogP contribution in [0.15, 0.2) is 46.2 Å². The second kappa shape index (κ2) is 9.85. The average molecular weight is 490 g/mol. The summed E-state index contributed by atoms with van der Waals surface area (Å²) in [6.07, 6.45) is 0. The molecule has 1 fully saturated rings. The Morgan fingerprint density at radius 2 is 1.52 bits per heavy atom. The van der Waals surface area contributed by atoms with Crippen LogP contribution >= 0.6 is 12.4 Å². The largest absolute Gasteiger partial charge is 0.456 e. The number of hydrogen-bond donors (Lipinski definition) is 1. The lowest BCUT2D eigenvalue weighted by atomic mass is 10.1. The Morgan fingerprint density at radius 1 is 0.935 bits per heavy atom. The fraction of sp³-hybridized carbons (Fsp3) is 0.400. The van der Waals surface area contributed by atoms with E-state index in [1.807, 2.05) is 19.9 Å². The van der Waals surface area contributed by atoms with Crippen molar-refractivity contribution in [1.29, 1.82) is 0 Å². The minimum absolute atomic E-state index is 0. The van der Waals surface area contributed by atoms with Crippen molar-refractivity contribution >= 4 is 32.5 Å². The van der Waals surface area contributed by atoms with E-state index in [1.165, 1.54) is 36.6 Å². The number of sulfonamides is 2. The van der Waals surface area contributed by atoms with Gasteiger partial charge in [-0.1, -0.05) is 6.07 Å². The van der Waals surface area contributed by atoms with Crippen LogP contribution in [0.25, 0.3) is 0 Å². The summed E-state index contributed by atoms with van der Waals surface area (Å²) < 4.78 is 60.4. The van der Waals surface area contributed by atoms with Crippen molar-refractivity contribution < 1.29 is 21.6 Å². The number of piperazine rings is 1. The van der Waals surface area contributed by atoms with E-state index in [9.17, 15) is 16.8 Å². The van der Waals surface area contributed by atoms with Gasteiger partial charge < -0.3 is 10.1 Å². The zero-order valence-corrected chi connectivity index (χ0v) is 20.4. The fourth-order valence-corrected chi connectivity index (χ4v) is 5.87. The predicted octanol–water partition coefficient (Wildman–Crippen LogP) is 2.36. The first-order valence-electron chi connectivity index (χ1n) is 9.55. The molecule has 0 spiro atoms. The van der Waals surface area contributed by atoms with Crippen molar-refractivity contribution in [3.8, 4) is 11.5 Å². The van der Waals surface area contributed by atoms with Crippen LogP contribution in [0.4, 0.5) is 0 Å². The van der Waals surface area contributed by atoms with Gasteiger partial charge in [0.05, 0.1) is 4.90 Å². The van der Waals surface area contributed by atoms with Gasteiger partial charge in [0.25, 0.3) is 0 Å². The number of ether oxygens (including phenoxy) is 1. The molecular weight excluding hydrogens is 462 g/mol. The zero-order chi connectivity index (χ0) is 22.1. The van der Waals surface area contributed by atoms with E-state index in [2.05, 4.69) is 5.32 Å². The highest BCUT2D eigenvalue weighted by atomic mass is 35.5. The molecule has 172 valence electrons. The molecule has 1 saturated heterocycles. The highest BCUT2D eigenvalue weighted by molar-refractivity contribution is 7.90. The summed E-state index contributed by atoms with van der Waals surface area (Å²) in [6.45, 7) is 5.51. The lowest BCUT2D eigenvalue weighted by Crippen LogP contribution is -2.46. The molecule has 0 aliphatic carbocycles. The minimum atomic E-state index is -3.96. The zero-order valence-electron chi connectivity index (χ0n) is 18.0. The standard InChI is InChI=1S/C20H27N3O5S2.ClH/c1-15-11-16(2)13-17(12-15)28-19-6-5-18(29(24,25)22(3)4)14-20(19)30(26,27)23-9-7-21-8-10-23;/h5-6,11-14,21H,7-10H2,1-4H3;1H. The summed E-state index contributed by atoms with van der Waals surface area (Å²) in [7, 11) is -4.96. The van der Waals surface area contributed by atoms with E-state index in [-0.39, 0.29) is 27.9 Å². The summed E-state index contributed by atoms with van der Waals surface area (Å²) in [5.74, 6) is 0.587. The number of nitrogens with zero attached hydrogens (tertiary/aromatic N) is 2. The second-order valence-corrected chi connectivity index (χ2v) is 11.5. The molecular formula is C20H28ClN3O5S2. The van der Waals surface area contributed by atoms with Crippen LogP contribution in [0.2, 0.25) is 0 Å². The summed E-state index contributed by atoms with van der Waals surface area (Å²) in [5, 5.41) is 3.12. The van der Waals surface area contributed by atoms with Gasteiger partial charge in [-0.3, -0.25) is 0 Å². The van der Waals surface area contributed by atoms with Gasteiger partial charge in [-0.25, -0.2) is 21.1 Å². The molecule has 0 unspecified atom stereocenters. The van der Waals surface area contributed by atoms with Crippen LogP contribution in [0.5, 0.6) is 11.5 Å². The quantitative estimate of drug-likeness (QED) is 0.669. The van der Waals surface area contributed by atoms with Crippen molar-refractivity contribution in [3.05, 3.63) is 47.5 Å². The van der Waals surface area contributed by atoms with Crippen molar-refractivity contribution in [3.63, 3.8) is 0 Å². The number of benzene rings is 2. The number of nitrogens with one attached hydrogen (secondary N) is 1. The summed E-state index contributed by atoms with van der Waals surface area (Å²) in [6, 6.07) is 9.55. The first-order valence-corrected chi connectivity index (χ1v) is 12.4. The van der Waals surface area contributed by atoms with Gasteiger partial charge in [-0.2, -0.15) is 4.31 Å². The topological polar surface area (TPSA) is 96.0 Å². The van der Waals surface area contributed by atoms with Crippen molar-refractivity contribution in [2.75, 3.05) is 40.3 Å². The first kappa shape index (κ1) is 25.6. The molecule has 1 aliphatic heterocycles. The van der Waals surface area contributed by atoms with Crippen LogP contribution in [-0.2, 0) is 20.0 Å². The molecule has 2 aromatic rings. The Hall–Kier alpha value is -1.69. The Morgan fingerprint density at radius 3 is 2.06 bits per heavy atom. The van der Waals surface area contributed by atoms with Gasteiger partial charge in [0.15, 0.2) is 0 Å². The van der Waals surface area contributed by atoms with Gasteiger partial charge in [0.2, 0.25) is 20.0 Å². The highest BCUT2D eigenvalue weighted by Crippen LogP contribution is 2.34. The molecule has 1 N–H and O–H groups in total. The van der Waals surface area contributed by atoms with E-state index in [1.54, 1.807) is 12.1 Å². The van der Waals surface area contributed by atoms with Gasteiger partial charge >= 0.3 is 0 Å². The van der Waals surface area contributed by atoms with E-state index < -0.39 is 20.0 Å². The van der Waals surface area contributed by atoms with Crippen LogP contribution in [0, 0.1) is 13.8 Å². The molecule has 31 heavy (non-hydrogen) atoms. The summed E-state index contributed by atoms with van der Waals surface area (Å²) >= 11 is 0. The second-order valence-electron chi connectivity index (χ2n) is 7.48. The smallest absolute Gasteiger partial charge is 0.246 e. The van der Waals surface area contributed by atoms with E-state index in [0.29, 0.717) is 31.9 Å². The number of halogens is 1. The maximum atomic E-state index is 13.4. The molecule has 0 amide bonds. The van der Waals surface area contributed by atoms with Crippen molar-refractivity contribution in [1.82, 2.24) is 13.9 Å². The molecule has 11 heteroatoms. The van der Waals surface area contributed by atoms with E-state index in [0.717, 1.165) is 15.4 Å². The van der Waals surface area contributed by atoms with E-state index >= 15 is 0 Å². The van der Waals surface area contributed by atoms with Crippen molar-refractivity contribution in [2.24, 2.45) is 0 Å². The molecule has 1 heterocycles. The van der Waals surface area contributed by atoms with Crippen LogP contribution in [0.3, 0.4) is 0 Å². The fourth-order valence-electron chi connectivity index (χ4n) is 3.29. The Balaban J connectivity index is 0.00000341. The SMILES string of the molecule is Cc1cc(C)cc(Oc2ccc(S(=O)(=O)N(C)C)cc2S(=O)(=O)N2CCNCC2)c1.Cl. The van der Waals surface area contributed by atoms with Gasteiger partial charge in [-0.05, 0) is 55.3 Å². The molecule has 0 atom stereocenters. The highest BCUT2D eigenvalue weighted by Gasteiger charge is 2.31. The molecule has 0 aromatic heterocycles. The first-order chi connectivity index (χ1) is 14.0. The molecule has 8 nitrogen and oxygen atoms in total. The number of rotatable bonds is 6. The third-order valence-electron chi connectivity index (χ3n) is 4.81. The Labute approximate surface area is 190 Å². The molecule has 2 aromatic carbocycles. The number of aryl methyl sites for hydroxylation is 2.